The van der Waals surface area contributed by atoms with Gasteiger partial charge in [0.1, 0.15) is 22.2 Å². The quantitative estimate of drug-likeness (QED) is 0.754. The van der Waals surface area contributed by atoms with Crippen LogP contribution in [0.25, 0.3) is 10.2 Å². The van der Waals surface area contributed by atoms with Gasteiger partial charge < -0.3 is 15.4 Å². The topological polar surface area (TPSA) is 81.3 Å². The summed E-state index contributed by atoms with van der Waals surface area (Å²) in [5.74, 6) is 1.77. The van der Waals surface area contributed by atoms with E-state index in [1.54, 1.807) is 11.3 Å². The van der Waals surface area contributed by atoms with E-state index in [0.29, 0.717) is 12.3 Å². The smallest absolute Gasteiger partial charge is 0.260 e. The number of primary amides is 1. The van der Waals surface area contributed by atoms with Gasteiger partial charge in [-0.15, -0.1) is 11.3 Å². The summed E-state index contributed by atoms with van der Waals surface area (Å²) in [7, 11) is 0. The van der Waals surface area contributed by atoms with Crippen LogP contribution in [0.3, 0.4) is 0 Å². The largest absolute Gasteiger partial charge is 0.477 e. The second-order valence-corrected chi connectivity index (χ2v) is 7.80. The van der Waals surface area contributed by atoms with E-state index in [4.69, 9.17) is 15.5 Å². The lowest BCUT2D eigenvalue weighted by molar-refractivity contribution is -0.124. The molecule has 1 aliphatic carbocycles. The number of carbonyl (C=O) groups excluding carboxylic acids is 1. The predicted octanol–water partition coefficient (Wildman–Crippen LogP) is 2.87. The number of fused-ring (bicyclic) bond motifs is 4. The molecule has 0 spiro atoms. The van der Waals surface area contributed by atoms with Gasteiger partial charge in [-0.3, -0.25) is 4.79 Å². The number of thiophene rings is 1. The molecule has 0 radical (unpaired) electrons. The first kappa shape index (κ1) is 15.6. The molecule has 0 fully saturated rings. The van der Waals surface area contributed by atoms with E-state index in [1.807, 2.05) is 31.2 Å². The Morgan fingerprint density at radius 2 is 2.15 bits per heavy atom. The van der Waals surface area contributed by atoms with E-state index in [0.717, 1.165) is 40.4 Å². The minimum Gasteiger partial charge on any atom is -0.477 e. The number of nitrogens with two attached hydrogens (primary N) is 1. The van der Waals surface area contributed by atoms with Crippen molar-refractivity contribution in [3.63, 3.8) is 0 Å². The molecule has 1 amide bonds. The molecule has 3 heterocycles. The Bertz CT molecular complexity index is 1050. The molecule has 1 aromatic carbocycles. The number of hydrogen-bond donors (Lipinski definition) is 1. The number of aryl methyl sites for hydroxylation is 3. The van der Waals surface area contributed by atoms with Gasteiger partial charge in [0.15, 0.2) is 6.10 Å². The first-order chi connectivity index (χ1) is 12.6. The lowest BCUT2D eigenvalue weighted by atomic mass is 10.1. The number of hydrogen-bond acceptors (Lipinski definition) is 6. The van der Waals surface area contributed by atoms with Crippen LogP contribution in [0.4, 0.5) is 11.5 Å². The standard InChI is InChI=1S/C19H18N4O2S/c1-10-21-18(16-11-5-4-8-15(11)26-19(16)22-10)23-9-14(17(20)24)25-13-7-3-2-6-12(13)23/h2-3,6-7,14H,4-5,8-9H2,1H3,(H2,20,24)/t14-/m0/s1. The highest BCUT2D eigenvalue weighted by molar-refractivity contribution is 7.19. The summed E-state index contributed by atoms with van der Waals surface area (Å²) in [6, 6.07) is 7.70. The van der Waals surface area contributed by atoms with Crippen LogP contribution in [-0.4, -0.2) is 28.5 Å². The fourth-order valence-electron chi connectivity index (χ4n) is 3.86. The van der Waals surface area contributed by atoms with Crippen molar-refractivity contribution in [2.75, 3.05) is 11.4 Å². The number of para-hydroxylation sites is 2. The molecule has 1 aliphatic heterocycles. The average molecular weight is 366 g/mol. The first-order valence-electron chi connectivity index (χ1n) is 8.73. The lowest BCUT2D eigenvalue weighted by Gasteiger charge is -2.34. The van der Waals surface area contributed by atoms with Crippen molar-refractivity contribution in [3.05, 3.63) is 40.5 Å². The summed E-state index contributed by atoms with van der Waals surface area (Å²) in [6.07, 6.45) is 2.63. The Labute approximate surface area is 154 Å². The van der Waals surface area contributed by atoms with E-state index in [2.05, 4.69) is 9.88 Å². The van der Waals surface area contributed by atoms with Crippen LogP contribution < -0.4 is 15.4 Å². The fraction of sp³-hybridized carbons (Fsp3) is 0.316. The number of amides is 1. The van der Waals surface area contributed by atoms with E-state index in [-0.39, 0.29) is 0 Å². The van der Waals surface area contributed by atoms with Gasteiger partial charge >= 0.3 is 0 Å². The van der Waals surface area contributed by atoms with Crippen LogP contribution >= 0.6 is 11.3 Å². The van der Waals surface area contributed by atoms with Gasteiger partial charge in [-0.05, 0) is 43.9 Å². The van der Waals surface area contributed by atoms with E-state index >= 15 is 0 Å². The molecule has 0 unspecified atom stereocenters. The Morgan fingerprint density at radius 3 is 3.00 bits per heavy atom. The Kier molecular flexibility index (Phi) is 3.40. The zero-order valence-electron chi connectivity index (χ0n) is 14.4. The van der Waals surface area contributed by atoms with Crippen LogP contribution in [0.5, 0.6) is 5.75 Å². The van der Waals surface area contributed by atoms with Crippen LogP contribution in [0.2, 0.25) is 0 Å². The van der Waals surface area contributed by atoms with Gasteiger partial charge in [-0.1, -0.05) is 12.1 Å². The summed E-state index contributed by atoms with van der Waals surface area (Å²) in [5.41, 5.74) is 7.82. The van der Waals surface area contributed by atoms with Crippen molar-refractivity contribution >= 4 is 39.0 Å². The Morgan fingerprint density at radius 1 is 1.31 bits per heavy atom. The fourth-order valence-corrected chi connectivity index (χ4v) is 5.16. The van der Waals surface area contributed by atoms with Gasteiger partial charge in [0, 0.05) is 4.88 Å². The number of rotatable bonds is 2. The molecule has 6 nitrogen and oxygen atoms in total. The maximum absolute atomic E-state index is 11.8. The molecule has 2 aliphatic rings. The third-order valence-electron chi connectivity index (χ3n) is 5.00. The van der Waals surface area contributed by atoms with Gasteiger partial charge in [0.2, 0.25) is 0 Å². The average Bonchev–Trinajstić information content (AvgIpc) is 3.20. The SMILES string of the molecule is Cc1nc(N2C[C@@H](C(N)=O)Oc3ccccc32)c2c3c(sc2n1)CCC3. The third kappa shape index (κ3) is 2.27. The van der Waals surface area contributed by atoms with Crippen molar-refractivity contribution in [1.29, 1.82) is 0 Å². The van der Waals surface area contributed by atoms with Gasteiger partial charge in [0.25, 0.3) is 5.91 Å². The molecule has 0 saturated heterocycles. The molecule has 132 valence electrons. The molecular formula is C19H18N4O2S. The van der Waals surface area contributed by atoms with Crippen molar-refractivity contribution in [3.8, 4) is 5.75 Å². The number of ether oxygens (including phenoxy) is 1. The second kappa shape index (κ2) is 5.67. The van der Waals surface area contributed by atoms with Crippen LogP contribution in [0, 0.1) is 6.92 Å². The second-order valence-electron chi connectivity index (χ2n) is 6.72. The third-order valence-corrected chi connectivity index (χ3v) is 6.19. The highest BCUT2D eigenvalue weighted by Crippen LogP contribution is 2.44. The van der Waals surface area contributed by atoms with E-state index < -0.39 is 12.0 Å². The molecule has 3 aromatic rings. The molecule has 7 heteroatoms. The maximum Gasteiger partial charge on any atom is 0.260 e. The van der Waals surface area contributed by atoms with Gasteiger partial charge in [-0.2, -0.15) is 0 Å². The molecule has 2 aromatic heterocycles. The number of benzene rings is 1. The molecule has 1 atom stereocenters. The normalized spacial score (nSPS) is 18.5. The van der Waals surface area contributed by atoms with Crippen molar-refractivity contribution < 1.29 is 9.53 Å². The molecular weight excluding hydrogens is 348 g/mol. The minimum atomic E-state index is -0.707. The van der Waals surface area contributed by atoms with Crippen LogP contribution in [-0.2, 0) is 17.6 Å². The van der Waals surface area contributed by atoms with E-state index in [9.17, 15) is 4.79 Å². The maximum atomic E-state index is 11.8. The Balaban J connectivity index is 1.75. The zero-order chi connectivity index (χ0) is 17.8. The lowest BCUT2D eigenvalue weighted by Crippen LogP contribution is -2.45. The minimum absolute atomic E-state index is 0.350. The summed E-state index contributed by atoms with van der Waals surface area (Å²) in [4.78, 5) is 25.8. The van der Waals surface area contributed by atoms with Crippen molar-refractivity contribution in [1.82, 2.24) is 9.97 Å². The molecule has 0 bridgehead atoms. The zero-order valence-corrected chi connectivity index (χ0v) is 15.2. The predicted molar refractivity (Wildman–Crippen MR) is 101 cm³/mol. The highest BCUT2D eigenvalue weighted by Gasteiger charge is 2.33. The molecule has 2 N–H and O–H groups in total. The van der Waals surface area contributed by atoms with Crippen molar-refractivity contribution in [2.24, 2.45) is 5.73 Å². The highest BCUT2D eigenvalue weighted by atomic mass is 32.1. The monoisotopic (exact) mass is 366 g/mol. The number of anilines is 2. The number of carbonyl (C=O) groups is 1. The van der Waals surface area contributed by atoms with Crippen LogP contribution in [0.1, 0.15) is 22.7 Å². The Hall–Kier alpha value is -2.67. The molecule has 5 rings (SSSR count). The van der Waals surface area contributed by atoms with Crippen molar-refractivity contribution in [2.45, 2.75) is 32.3 Å². The summed E-state index contributed by atoms with van der Waals surface area (Å²) < 4.78 is 5.80. The van der Waals surface area contributed by atoms with E-state index in [1.165, 1.54) is 16.9 Å². The molecule has 0 saturated carbocycles. The molecule has 26 heavy (non-hydrogen) atoms. The van der Waals surface area contributed by atoms with Gasteiger partial charge in [0.05, 0.1) is 17.6 Å². The first-order valence-corrected chi connectivity index (χ1v) is 9.55. The number of aromatic nitrogens is 2. The van der Waals surface area contributed by atoms with Crippen LogP contribution in [0.15, 0.2) is 24.3 Å². The van der Waals surface area contributed by atoms with Gasteiger partial charge in [-0.25, -0.2) is 9.97 Å². The summed E-state index contributed by atoms with van der Waals surface area (Å²) >= 11 is 1.77. The number of nitrogens with zero attached hydrogens (tertiary/aromatic N) is 3. The summed E-state index contributed by atoms with van der Waals surface area (Å²) in [6.45, 7) is 2.26. The summed E-state index contributed by atoms with van der Waals surface area (Å²) in [5, 5.41) is 1.12.